The van der Waals surface area contributed by atoms with E-state index >= 15 is 0 Å². The van der Waals surface area contributed by atoms with Gasteiger partial charge in [0, 0.05) is 30.7 Å². The topological polar surface area (TPSA) is 12.5 Å². The van der Waals surface area contributed by atoms with Crippen LogP contribution >= 0.6 is 15.9 Å². The molecule has 94 valence electrons. The minimum Gasteiger partial charge on any atom is -0.383 e. The molecule has 0 amide bonds. The maximum Gasteiger partial charge on any atom is 0.0637 e. The first-order valence-corrected chi connectivity index (χ1v) is 7.29. The van der Waals surface area contributed by atoms with Crippen molar-refractivity contribution in [2.75, 3.05) is 25.2 Å². The molecule has 0 saturated heterocycles. The lowest BCUT2D eigenvalue weighted by molar-refractivity contribution is 0.205. The number of methoxy groups -OCH3 is 1. The van der Waals surface area contributed by atoms with E-state index in [1.165, 1.54) is 29.7 Å². The second-order valence-electron chi connectivity index (χ2n) is 4.66. The van der Waals surface area contributed by atoms with Gasteiger partial charge in [0.15, 0.2) is 0 Å². The maximum absolute atomic E-state index is 5.20. The van der Waals surface area contributed by atoms with Crippen LogP contribution in [0, 0.1) is 6.92 Å². The predicted molar refractivity (Wildman–Crippen MR) is 76.1 cm³/mol. The third-order valence-corrected chi connectivity index (χ3v) is 3.93. The predicted octanol–water partition coefficient (Wildman–Crippen LogP) is 3.51. The number of anilines is 1. The Bertz CT molecular complexity index is 376. The lowest BCUT2D eigenvalue weighted by atomic mass is 10.1. The molecule has 1 fully saturated rings. The molecule has 0 heterocycles. The Morgan fingerprint density at radius 3 is 2.71 bits per heavy atom. The largest absolute Gasteiger partial charge is 0.383 e. The molecule has 17 heavy (non-hydrogen) atoms. The van der Waals surface area contributed by atoms with Crippen molar-refractivity contribution >= 4 is 21.6 Å². The van der Waals surface area contributed by atoms with Crippen molar-refractivity contribution in [3.8, 4) is 0 Å². The molecule has 0 unspecified atom stereocenters. The van der Waals surface area contributed by atoms with E-state index in [4.69, 9.17) is 4.74 Å². The molecule has 1 aromatic rings. The van der Waals surface area contributed by atoms with Gasteiger partial charge in [-0.25, -0.2) is 0 Å². The van der Waals surface area contributed by atoms with Crippen LogP contribution in [0.1, 0.15) is 24.0 Å². The summed E-state index contributed by atoms with van der Waals surface area (Å²) >= 11 is 3.52. The lowest BCUT2D eigenvalue weighted by Gasteiger charge is -2.25. The normalized spacial score (nSPS) is 15.0. The first-order valence-electron chi connectivity index (χ1n) is 6.17. The summed E-state index contributed by atoms with van der Waals surface area (Å²) in [6.07, 6.45) is 2.64. The van der Waals surface area contributed by atoms with Gasteiger partial charge in [0.25, 0.3) is 0 Å². The van der Waals surface area contributed by atoms with Crippen LogP contribution in [0.4, 0.5) is 5.69 Å². The molecule has 1 aliphatic rings. The van der Waals surface area contributed by atoms with Crippen LogP contribution in [0.25, 0.3) is 0 Å². The molecular weight excluding hydrogens is 278 g/mol. The minimum atomic E-state index is 0.736. The Kier molecular flexibility index (Phi) is 4.46. The molecule has 1 saturated carbocycles. The molecule has 1 aliphatic carbocycles. The fraction of sp³-hybridized carbons (Fsp3) is 0.571. The molecule has 0 spiro atoms. The Balaban J connectivity index is 2.14. The van der Waals surface area contributed by atoms with Gasteiger partial charge in [-0.3, -0.25) is 0 Å². The fourth-order valence-corrected chi connectivity index (χ4v) is 2.74. The van der Waals surface area contributed by atoms with Gasteiger partial charge in [-0.15, -0.1) is 0 Å². The highest BCUT2D eigenvalue weighted by atomic mass is 79.9. The number of halogens is 1. The van der Waals surface area contributed by atoms with E-state index in [0.29, 0.717) is 0 Å². The maximum atomic E-state index is 5.20. The number of benzene rings is 1. The Morgan fingerprint density at radius 2 is 2.18 bits per heavy atom. The van der Waals surface area contributed by atoms with Gasteiger partial charge >= 0.3 is 0 Å². The highest BCUT2D eigenvalue weighted by Crippen LogP contribution is 2.32. The van der Waals surface area contributed by atoms with Crippen molar-refractivity contribution < 1.29 is 4.74 Å². The van der Waals surface area contributed by atoms with Crippen LogP contribution in [-0.2, 0) is 10.1 Å². The first-order chi connectivity index (χ1) is 8.26. The minimum absolute atomic E-state index is 0.736. The van der Waals surface area contributed by atoms with Crippen LogP contribution in [0.5, 0.6) is 0 Å². The molecular formula is C14H20BrNO. The Morgan fingerprint density at radius 1 is 1.41 bits per heavy atom. The second kappa shape index (κ2) is 5.87. The third kappa shape index (κ3) is 3.23. The number of nitrogens with zero attached hydrogens (tertiary/aromatic N) is 1. The standard InChI is InChI=1S/C14H20BrNO/c1-11-9-14(4-3-12(11)10-15)16(7-8-17-2)13-5-6-13/h3-4,9,13H,5-8,10H2,1-2H3. The van der Waals surface area contributed by atoms with Gasteiger partial charge in [0.05, 0.1) is 6.61 Å². The van der Waals surface area contributed by atoms with Gasteiger partial charge in [-0.2, -0.15) is 0 Å². The smallest absolute Gasteiger partial charge is 0.0637 e. The summed E-state index contributed by atoms with van der Waals surface area (Å²) in [6, 6.07) is 7.49. The average Bonchev–Trinajstić information content (AvgIpc) is 3.14. The molecule has 2 nitrogen and oxygen atoms in total. The Labute approximate surface area is 112 Å². The number of aryl methyl sites for hydroxylation is 1. The molecule has 3 heteroatoms. The second-order valence-corrected chi connectivity index (χ2v) is 5.22. The van der Waals surface area contributed by atoms with Gasteiger partial charge in [0.2, 0.25) is 0 Å². The molecule has 0 atom stereocenters. The van der Waals surface area contributed by atoms with E-state index in [1.54, 1.807) is 7.11 Å². The molecule has 0 aliphatic heterocycles. The summed E-state index contributed by atoms with van der Waals surface area (Å²) in [4.78, 5) is 2.48. The summed E-state index contributed by atoms with van der Waals surface area (Å²) in [7, 11) is 1.77. The van der Waals surface area contributed by atoms with E-state index < -0.39 is 0 Å². The zero-order valence-electron chi connectivity index (χ0n) is 10.6. The summed E-state index contributed by atoms with van der Waals surface area (Å²) in [6.45, 7) is 3.98. The van der Waals surface area contributed by atoms with E-state index in [1.807, 2.05) is 0 Å². The number of alkyl halides is 1. The fourth-order valence-electron chi connectivity index (χ4n) is 2.11. The molecule has 0 aromatic heterocycles. The monoisotopic (exact) mass is 297 g/mol. The Hall–Kier alpha value is -0.540. The van der Waals surface area contributed by atoms with E-state index in [-0.39, 0.29) is 0 Å². The first kappa shape index (κ1) is 12.9. The van der Waals surface area contributed by atoms with Crippen LogP contribution in [0.15, 0.2) is 18.2 Å². The highest BCUT2D eigenvalue weighted by Gasteiger charge is 2.29. The summed E-state index contributed by atoms with van der Waals surface area (Å²) in [5, 5.41) is 0.931. The van der Waals surface area contributed by atoms with Crippen LogP contribution in [0.3, 0.4) is 0 Å². The molecule has 0 N–H and O–H groups in total. The zero-order chi connectivity index (χ0) is 12.3. The van der Waals surface area contributed by atoms with Gasteiger partial charge in [0.1, 0.15) is 0 Å². The van der Waals surface area contributed by atoms with Gasteiger partial charge < -0.3 is 9.64 Å². The zero-order valence-corrected chi connectivity index (χ0v) is 12.2. The van der Waals surface area contributed by atoms with Crippen molar-refractivity contribution in [1.82, 2.24) is 0 Å². The highest BCUT2D eigenvalue weighted by molar-refractivity contribution is 9.08. The summed E-state index contributed by atoms with van der Waals surface area (Å²) in [5.74, 6) is 0. The molecule has 0 bridgehead atoms. The SMILES string of the molecule is COCCN(c1ccc(CBr)c(C)c1)C1CC1. The molecule has 0 radical (unpaired) electrons. The van der Waals surface area contributed by atoms with Gasteiger partial charge in [-0.05, 0) is 43.0 Å². The van der Waals surface area contributed by atoms with Gasteiger partial charge in [-0.1, -0.05) is 22.0 Å². The van der Waals surface area contributed by atoms with Crippen molar-refractivity contribution in [3.05, 3.63) is 29.3 Å². The van der Waals surface area contributed by atoms with E-state index in [2.05, 4.69) is 46.0 Å². The number of rotatable bonds is 6. The molecule has 2 rings (SSSR count). The van der Waals surface area contributed by atoms with E-state index in [0.717, 1.165) is 24.5 Å². The van der Waals surface area contributed by atoms with Crippen LogP contribution < -0.4 is 4.90 Å². The van der Waals surface area contributed by atoms with Crippen molar-refractivity contribution in [3.63, 3.8) is 0 Å². The quantitative estimate of drug-likeness (QED) is 0.745. The number of hydrogen-bond acceptors (Lipinski definition) is 2. The van der Waals surface area contributed by atoms with E-state index in [9.17, 15) is 0 Å². The van der Waals surface area contributed by atoms with Crippen LogP contribution in [0.2, 0.25) is 0 Å². The number of hydrogen-bond donors (Lipinski definition) is 0. The summed E-state index contributed by atoms with van der Waals surface area (Å²) in [5.41, 5.74) is 4.07. The molecule has 1 aromatic carbocycles. The number of ether oxygens (including phenoxy) is 1. The van der Waals surface area contributed by atoms with Crippen molar-refractivity contribution in [2.24, 2.45) is 0 Å². The average molecular weight is 298 g/mol. The van der Waals surface area contributed by atoms with Crippen molar-refractivity contribution in [2.45, 2.75) is 31.1 Å². The third-order valence-electron chi connectivity index (χ3n) is 3.33. The summed E-state index contributed by atoms with van der Waals surface area (Å²) < 4.78 is 5.20. The van der Waals surface area contributed by atoms with Crippen LogP contribution in [-0.4, -0.2) is 26.3 Å². The lowest BCUT2D eigenvalue weighted by Crippen LogP contribution is -2.29. The van der Waals surface area contributed by atoms with Crippen molar-refractivity contribution in [1.29, 1.82) is 0 Å².